The Kier molecular flexibility index (Phi) is 7.50. The summed E-state index contributed by atoms with van der Waals surface area (Å²) in [6.45, 7) is 4.76. The predicted molar refractivity (Wildman–Crippen MR) is 133 cm³/mol. The maximum atomic E-state index is 13.9. The average molecular weight is 482 g/mol. The number of benzene rings is 2. The second-order valence-electron chi connectivity index (χ2n) is 9.08. The van der Waals surface area contributed by atoms with Gasteiger partial charge in [0.15, 0.2) is 11.5 Å². The van der Waals surface area contributed by atoms with Crippen LogP contribution in [0.2, 0.25) is 0 Å². The van der Waals surface area contributed by atoms with E-state index in [-0.39, 0.29) is 11.8 Å². The van der Waals surface area contributed by atoms with Crippen LogP contribution >= 0.6 is 0 Å². The number of likely N-dealkylation sites (tertiary alicyclic amines) is 1. The molecule has 2 aromatic carbocycles. The van der Waals surface area contributed by atoms with Crippen LogP contribution in [-0.4, -0.2) is 75.7 Å². The van der Waals surface area contributed by atoms with Crippen LogP contribution in [0.5, 0.6) is 17.2 Å². The molecule has 2 heterocycles. The molecule has 0 aliphatic carbocycles. The van der Waals surface area contributed by atoms with Crippen LogP contribution in [0, 0.1) is 0 Å². The lowest BCUT2D eigenvalue weighted by molar-refractivity contribution is -0.124. The molecule has 188 valence electrons. The maximum Gasteiger partial charge on any atom is 0.254 e. The molecule has 1 saturated heterocycles. The van der Waals surface area contributed by atoms with E-state index >= 15 is 0 Å². The van der Waals surface area contributed by atoms with Crippen LogP contribution in [0.4, 0.5) is 0 Å². The first-order valence-corrected chi connectivity index (χ1v) is 12.1. The number of ether oxygens (including phenoxy) is 3. The molecule has 1 N–H and O–H groups in total. The Balaban J connectivity index is 1.76. The van der Waals surface area contributed by atoms with E-state index in [9.17, 15) is 9.59 Å². The number of methoxy groups -OCH3 is 3. The second-order valence-corrected chi connectivity index (χ2v) is 9.08. The van der Waals surface area contributed by atoms with Crippen LogP contribution in [0.3, 0.4) is 0 Å². The molecule has 0 spiro atoms. The van der Waals surface area contributed by atoms with Gasteiger partial charge in [0.1, 0.15) is 5.75 Å². The Labute approximate surface area is 207 Å². The van der Waals surface area contributed by atoms with E-state index in [4.69, 9.17) is 14.2 Å². The molecule has 2 aromatic rings. The number of amides is 2. The summed E-state index contributed by atoms with van der Waals surface area (Å²) in [5.74, 6) is 0.771. The molecule has 1 fully saturated rings. The Bertz CT molecular complexity index is 1070. The fourth-order valence-corrected chi connectivity index (χ4v) is 5.42. The minimum Gasteiger partial charge on any atom is -0.497 e. The Morgan fingerprint density at radius 3 is 2.37 bits per heavy atom. The third-order valence-corrected chi connectivity index (χ3v) is 7.33. The zero-order valence-corrected chi connectivity index (χ0v) is 21.2. The quantitative estimate of drug-likeness (QED) is 0.624. The SMILES string of the molecule is CCN1CCC[C@@H]1CNC(=O)[C@@H]1c2cc(OC)c(OC)cc2C(=O)N(C)[C@H]1c1ccc(OC)cc1. The number of carbonyl (C=O) groups excluding carboxylic acids is 2. The number of hydrogen-bond donors (Lipinski definition) is 1. The summed E-state index contributed by atoms with van der Waals surface area (Å²) in [4.78, 5) is 31.4. The van der Waals surface area contributed by atoms with Crippen LogP contribution in [-0.2, 0) is 4.79 Å². The van der Waals surface area contributed by atoms with Gasteiger partial charge in [-0.05, 0) is 61.3 Å². The first-order valence-electron chi connectivity index (χ1n) is 12.1. The molecule has 4 rings (SSSR count). The van der Waals surface area contributed by atoms with Crippen molar-refractivity contribution in [1.29, 1.82) is 0 Å². The fraction of sp³-hybridized carbons (Fsp3) is 0.481. The van der Waals surface area contributed by atoms with Crippen molar-refractivity contribution in [1.82, 2.24) is 15.1 Å². The molecule has 0 aromatic heterocycles. The fourth-order valence-electron chi connectivity index (χ4n) is 5.42. The molecule has 2 aliphatic heterocycles. The summed E-state index contributed by atoms with van der Waals surface area (Å²) in [5, 5.41) is 3.21. The molecule has 8 nitrogen and oxygen atoms in total. The molecule has 0 saturated carbocycles. The molecule has 0 radical (unpaired) electrons. The van der Waals surface area contributed by atoms with Crippen molar-refractivity contribution in [3.05, 3.63) is 53.1 Å². The van der Waals surface area contributed by atoms with E-state index < -0.39 is 12.0 Å². The summed E-state index contributed by atoms with van der Waals surface area (Å²) in [6.07, 6.45) is 2.21. The maximum absolute atomic E-state index is 13.9. The van der Waals surface area contributed by atoms with Gasteiger partial charge in [-0.25, -0.2) is 0 Å². The number of rotatable bonds is 8. The zero-order valence-electron chi connectivity index (χ0n) is 21.2. The zero-order chi connectivity index (χ0) is 25.1. The highest BCUT2D eigenvalue weighted by atomic mass is 16.5. The van der Waals surface area contributed by atoms with Crippen molar-refractivity contribution in [2.45, 2.75) is 37.8 Å². The smallest absolute Gasteiger partial charge is 0.254 e. The van der Waals surface area contributed by atoms with Gasteiger partial charge in [-0.2, -0.15) is 0 Å². The summed E-state index contributed by atoms with van der Waals surface area (Å²) >= 11 is 0. The molecule has 2 amide bonds. The third-order valence-electron chi connectivity index (χ3n) is 7.33. The lowest BCUT2D eigenvalue weighted by Crippen LogP contribution is -2.48. The van der Waals surface area contributed by atoms with Crippen molar-refractivity contribution >= 4 is 11.8 Å². The van der Waals surface area contributed by atoms with E-state index in [0.717, 1.165) is 31.5 Å². The Morgan fingerprint density at radius 1 is 1.06 bits per heavy atom. The first kappa shape index (κ1) is 24.9. The predicted octanol–water partition coefficient (Wildman–Crippen LogP) is 3.22. The van der Waals surface area contributed by atoms with Crippen LogP contribution in [0.25, 0.3) is 0 Å². The molecule has 0 bridgehead atoms. The minimum absolute atomic E-state index is 0.110. The van der Waals surface area contributed by atoms with Gasteiger partial charge >= 0.3 is 0 Å². The molecular weight excluding hydrogens is 446 g/mol. The number of fused-ring (bicyclic) bond motifs is 1. The van der Waals surface area contributed by atoms with Crippen molar-refractivity contribution in [3.63, 3.8) is 0 Å². The van der Waals surface area contributed by atoms with Gasteiger partial charge < -0.3 is 24.4 Å². The molecule has 8 heteroatoms. The minimum atomic E-state index is -0.614. The summed E-state index contributed by atoms with van der Waals surface area (Å²) in [7, 11) is 6.44. The van der Waals surface area contributed by atoms with Gasteiger partial charge in [-0.15, -0.1) is 0 Å². The van der Waals surface area contributed by atoms with Gasteiger partial charge in [0.05, 0.1) is 33.3 Å². The monoisotopic (exact) mass is 481 g/mol. The number of hydrogen-bond acceptors (Lipinski definition) is 6. The molecular formula is C27H35N3O5. The molecule has 2 aliphatic rings. The molecule has 35 heavy (non-hydrogen) atoms. The van der Waals surface area contributed by atoms with Gasteiger partial charge in [0.25, 0.3) is 5.91 Å². The number of nitrogens with zero attached hydrogens (tertiary/aromatic N) is 2. The Morgan fingerprint density at radius 2 is 1.74 bits per heavy atom. The van der Waals surface area contributed by atoms with E-state index in [0.29, 0.717) is 41.0 Å². The normalized spacial score (nSPS) is 22.0. The van der Waals surface area contributed by atoms with Gasteiger partial charge in [-0.3, -0.25) is 14.5 Å². The second kappa shape index (κ2) is 10.6. The van der Waals surface area contributed by atoms with E-state index in [1.54, 1.807) is 38.3 Å². The van der Waals surface area contributed by atoms with E-state index in [2.05, 4.69) is 17.1 Å². The average Bonchev–Trinajstić information content (AvgIpc) is 3.36. The van der Waals surface area contributed by atoms with Crippen molar-refractivity contribution in [3.8, 4) is 17.2 Å². The standard InChI is InChI=1S/C27H35N3O5/c1-6-30-13-7-8-18(30)16-28-26(31)24-20-14-22(34-4)23(35-5)15-21(20)27(32)29(2)25(24)17-9-11-19(33-3)12-10-17/h9-12,14-15,18,24-25H,6-8,13,16H2,1-5H3,(H,28,31)/t18-,24-,25+/m1/s1. The lowest BCUT2D eigenvalue weighted by atomic mass is 9.79. The van der Waals surface area contributed by atoms with Crippen molar-refractivity contribution in [2.24, 2.45) is 0 Å². The molecule has 3 atom stereocenters. The van der Waals surface area contributed by atoms with E-state index in [1.165, 1.54) is 7.11 Å². The van der Waals surface area contributed by atoms with Crippen LogP contribution in [0.15, 0.2) is 36.4 Å². The third kappa shape index (κ3) is 4.67. The highest BCUT2D eigenvalue weighted by molar-refractivity contribution is 6.02. The number of likely N-dealkylation sites (N-methyl/N-ethyl adjacent to an activating group) is 2. The summed E-state index contributed by atoms with van der Waals surface area (Å²) < 4.78 is 16.3. The van der Waals surface area contributed by atoms with Gasteiger partial charge in [-0.1, -0.05) is 19.1 Å². The van der Waals surface area contributed by atoms with Gasteiger partial charge in [0.2, 0.25) is 5.91 Å². The molecule has 0 unspecified atom stereocenters. The first-order chi connectivity index (χ1) is 16.9. The lowest BCUT2D eigenvalue weighted by Gasteiger charge is -2.40. The van der Waals surface area contributed by atoms with Crippen molar-refractivity contribution in [2.75, 3.05) is 48.0 Å². The number of nitrogens with one attached hydrogen (secondary N) is 1. The van der Waals surface area contributed by atoms with Crippen LogP contribution < -0.4 is 19.5 Å². The van der Waals surface area contributed by atoms with Crippen molar-refractivity contribution < 1.29 is 23.8 Å². The summed E-state index contributed by atoms with van der Waals surface area (Å²) in [6, 6.07) is 10.8. The van der Waals surface area contributed by atoms with Gasteiger partial charge in [0, 0.05) is 25.2 Å². The summed E-state index contributed by atoms with van der Waals surface area (Å²) in [5.41, 5.74) is 1.95. The Hall–Kier alpha value is -3.26. The highest BCUT2D eigenvalue weighted by Crippen LogP contribution is 2.45. The largest absolute Gasteiger partial charge is 0.497 e. The highest BCUT2D eigenvalue weighted by Gasteiger charge is 2.43. The van der Waals surface area contributed by atoms with E-state index in [1.807, 2.05) is 24.3 Å². The number of carbonyl (C=O) groups is 2. The topological polar surface area (TPSA) is 80.3 Å². The van der Waals surface area contributed by atoms with Crippen LogP contribution in [0.1, 0.15) is 53.2 Å².